The molecule has 0 spiro atoms. The van der Waals surface area contributed by atoms with Crippen LogP contribution in [0.1, 0.15) is 18.4 Å². The van der Waals surface area contributed by atoms with Crippen molar-refractivity contribution in [1.82, 2.24) is 4.90 Å². The lowest BCUT2D eigenvalue weighted by molar-refractivity contribution is 0.208. The molecule has 0 atom stereocenters. The van der Waals surface area contributed by atoms with Crippen LogP contribution < -0.4 is 19.5 Å². The second kappa shape index (κ2) is 8.81. The Morgan fingerprint density at radius 2 is 1.65 bits per heavy atom. The van der Waals surface area contributed by atoms with Gasteiger partial charge in [0.15, 0.2) is 0 Å². The predicted octanol–water partition coefficient (Wildman–Crippen LogP) is 3.79. The molecule has 5 nitrogen and oxygen atoms in total. The summed E-state index contributed by atoms with van der Waals surface area (Å²) in [5.41, 5.74) is 2.24. The molecule has 0 amide bonds. The molecular formula is C21H28N2O3. The van der Waals surface area contributed by atoms with Crippen molar-refractivity contribution in [3.05, 3.63) is 48.0 Å². The molecule has 0 radical (unpaired) electrons. The molecule has 1 heterocycles. The van der Waals surface area contributed by atoms with Gasteiger partial charge in [-0.05, 0) is 43.2 Å². The van der Waals surface area contributed by atoms with Crippen LogP contribution in [-0.4, -0.2) is 45.4 Å². The minimum Gasteiger partial charge on any atom is -0.497 e. The number of ether oxygens (including phenoxy) is 3. The number of benzene rings is 2. The van der Waals surface area contributed by atoms with Crippen LogP contribution in [0.4, 0.5) is 5.69 Å². The van der Waals surface area contributed by atoms with Crippen molar-refractivity contribution in [3.63, 3.8) is 0 Å². The number of likely N-dealkylation sites (tertiary alicyclic amines) is 1. The summed E-state index contributed by atoms with van der Waals surface area (Å²) >= 11 is 0. The molecule has 140 valence electrons. The molecule has 5 heteroatoms. The van der Waals surface area contributed by atoms with Gasteiger partial charge in [-0.25, -0.2) is 0 Å². The topological polar surface area (TPSA) is 43.0 Å². The zero-order valence-corrected chi connectivity index (χ0v) is 15.8. The number of anilines is 1. The van der Waals surface area contributed by atoms with Crippen molar-refractivity contribution in [2.75, 3.05) is 39.7 Å². The van der Waals surface area contributed by atoms with Crippen molar-refractivity contribution in [2.24, 2.45) is 0 Å². The van der Waals surface area contributed by atoms with Crippen molar-refractivity contribution >= 4 is 5.69 Å². The Morgan fingerprint density at radius 1 is 0.923 bits per heavy atom. The van der Waals surface area contributed by atoms with E-state index in [-0.39, 0.29) is 0 Å². The monoisotopic (exact) mass is 356 g/mol. The van der Waals surface area contributed by atoms with E-state index < -0.39 is 0 Å². The SMILES string of the molecule is COc1ccc(OC)c(CN2CCC(Nc3ccccc3OC)CC2)c1. The number of nitrogens with one attached hydrogen (secondary N) is 1. The van der Waals surface area contributed by atoms with Crippen LogP contribution in [0.2, 0.25) is 0 Å². The number of para-hydroxylation sites is 2. The molecule has 0 unspecified atom stereocenters. The number of piperidine rings is 1. The summed E-state index contributed by atoms with van der Waals surface area (Å²) in [5, 5.41) is 3.63. The van der Waals surface area contributed by atoms with E-state index >= 15 is 0 Å². The Balaban J connectivity index is 1.57. The summed E-state index contributed by atoms with van der Waals surface area (Å²) in [5.74, 6) is 2.68. The van der Waals surface area contributed by atoms with Crippen LogP contribution in [0.3, 0.4) is 0 Å². The average Bonchev–Trinajstić information content (AvgIpc) is 2.69. The lowest BCUT2D eigenvalue weighted by atomic mass is 10.0. The van der Waals surface area contributed by atoms with Gasteiger partial charge in [0.1, 0.15) is 17.2 Å². The maximum Gasteiger partial charge on any atom is 0.141 e. The molecule has 0 bridgehead atoms. The van der Waals surface area contributed by atoms with E-state index in [1.807, 2.05) is 30.3 Å². The first-order chi connectivity index (χ1) is 12.7. The first-order valence-electron chi connectivity index (χ1n) is 9.06. The smallest absolute Gasteiger partial charge is 0.141 e. The highest BCUT2D eigenvalue weighted by molar-refractivity contribution is 5.56. The number of rotatable bonds is 7. The molecule has 1 aliphatic heterocycles. The van der Waals surface area contributed by atoms with Gasteiger partial charge in [0.2, 0.25) is 0 Å². The van der Waals surface area contributed by atoms with Crippen molar-refractivity contribution < 1.29 is 14.2 Å². The third-order valence-electron chi connectivity index (χ3n) is 4.94. The van der Waals surface area contributed by atoms with Crippen molar-refractivity contribution in [3.8, 4) is 17.2 Å². The summed E-state index contributed by atoms with van der Waals surface area (Å²) in [4.78, 5) is 2.47. The van der Waals surface area contributed by atoms with Crippen LogP contribution in [0.5, 0.6) is 17.2 Å². The second-order valence-corrected chi connectivity index (χ2v) is 6.57. The molecule has 1 saturated heterocycles. The van der Waals surface area contributed by atoms with E-state index in [2.05, 4.69) is 22.3 Å². The number of hydrogen-bond acceptors (Lipinski definition) is 5. The normalized spacial score (nSPS) is 15.5. The van der Waals surface area contributed by atoms with E-state index in [4.69, 9.17) is 14.2 Å². The Kier molecular flexibility index (Phi) is 6.23. The molecule has 1 N–H and O–H groups in total. The largest absolute Gasteiger partial charge is 0.497 e. The molecule has 0 aliphatic carbocycles. The van der Waals surface area contributed by atoms with Gasteiger partial charge in [-0.15, -0.1) is 0 Å². The molecule has 0 saturated carbocycles. The molecular weight excluding hydrogens is 328 g/mol. The molecule has 1 fully saturated rings. The van der Waals surface area contributed by atoms with E-state index in [1.165, 1.54) is 5.56 Å². The van der Waals surface area contributed by atoms with Crippen LogP contribution >= 0.6 is 0 Å². The van der Waals surface area contributed by atoms with Gasteiger partial charge in [0.25, 0.3) is 0 Å². The number of nitrogens with zero attached hydrogens (tertiary/aromatic N) is 1. The third kappa shape index (κ3) is 4.41. The van der Waals surface area contributed by atoms with E-state index in [0.717, 1.165) is 55.4 Å². The summed E-state index contributed by atoms with van der Waals surface area (Å²) < 4.78 is 16.3. The van der Waals surface area contributed by atoms with E-state index in [1.54, 1.807) is 21.3 Å². The van der Waals surface area contributed by atoms with E-state index in [9.17, 15) is 0 Å². The number of hydrogen-bond donors (Lipinski definition) is 1. The van der Waals surface area contributed by atoms with Gasteiger partial charge in [-0.1, -0.05) is 12.1 Å². The molecule has 1 aliphatic rings. The van der Waals surface area contributed by atoms with Crippen LogP contribution in [0, 0.1) is 0 Å². The van der Waals surface area contributed by atoms with Gasteiger partial charge in [-0.2, -0.15) is 0 Å². The maximum atomic E-state index is 5.50. The molecule has 3 rings (SSSR count). The first kappa shape index (κ1) is 18.4. The summed E-state index contributed by atoms with van der Waals surface area (Å²) in [6.07, 6.45) is 2.20. The molecule has 2 aromatic carbocycles. The fourth-order valence-electron chi connectivity index (χ4n) is 3.47. The standard InChI is InChI=1S/C21H28N2O3/c1-24-18-8-9-20(25-2)16(14-18)15-23-12-10-17(11-13-23)22-19-6-4-5-7-21(19)26-3/h4-9,14,17,22H,10-13,15H2,1-3H3. The van der Waals surface area contributed by atoms with Gasteiger partial charge in [-0.3, -0.25) is 4.90 Å². The van der Waals surface area contributed by atoms with Gasteiger partial charge >= 0.3 is 0 Å². The van der Waals surface area contributed by atoms with Crippen molar-refractivity contribution in [2.45, 2.75) is 25.4 Å². The lowest BCUT2D eigenvalue weighted by Gasteiger charge is -2.33. The highest BCUT2D eigenvalue weighted by atomic mass is 16.5. The lowest BCUT2D eigenvalue weighted by Crippen LogP contribution is -2.38. The average molecular weight is 356 g/mol. The molecule has 0 aromatic heterocycles. The minimum atomic E-state index is 0.467. The fraction of sp³-hybridized carbons (Fsp3) is 0.429. The summed E-state index contributed by atoms with van der Waals surface area (Å²) in [7, 11) is 5.12. The Morgan fingerprint density at radius 3 is 2.35 bits per heavy atom. The van der Waals surface area contributed by atoms with Gasteiger partial charge in [0.05, 0.1) is 27.0 Å². The van der Waals surface area contributed by atoms with Crippen LogP contribution in [-0.2, 0) is 6.54 Å². The second-order valence-electron chi connectivity index (χ2n) is 6.57. The maximum absolute atomic E-state index is 5.50. The fourth-order valence-corrected chi connectivity index (χ4v) is 3.47. The Labute approximate surface area is 155 Å². The Hall–Kier alpha value is -2.40. The predicted molar refractivity (Wildman–Crippen MR) is 104 cm³/mol. The highest BCUT2D eigenvalue weighted by Crippen LogP contribution is 2.28. The first-order valence-corrected chi connectivity index (χ1v) is 9.06. The zero-order chi connectivity index (χ0) is 18.4. The van der Waals surface area contributed by atoms with Gasteiger partial charge < -0.3 is 19.5 Å². The molecule has 2 aromatic rings. The van der Waals surface area contributed by atoms with Crippen LogP contribution in [0.25, 0.3) is 0 Å². The minimum absolute atomic E-state index is 0.467. The third-order valence-corrected chi connectivity index (χ3v) is 4.94. The summed E-state index contributed by atoms with van der Waals surface area (Å²) in [6, 6.07) is 14.5. The number of methoxy groups -OCH3 is 3. The Bertz CT molecular complexity index is 712. The summed E-state index contributed by atoms with van der Waals surface area (Å²) in [6.45, 7) is 2.97. The van der Waals surface area contributed by atoms with E-state index in [0.29, 0.717) is 6.04 Å². The zero-order valence-electron chi connectivity index (χ0n) is 15.8. The van der Waals surface area contributed by atoms with Crippen molar-refractivity contribution in [1.29, 1.82) is 0 Å². The quantitative estimate of drug-likeness (QED) is 0.818. The highest BCUT2D eigenvalue weighted by Gasteiger charge is 2.21. The molecule has 26 heavy (non-hydrogen) atoms. The van der Waals surface area contributed by atoms with Gasteiger partial charge in [0, 0.05) is 31.2 Å². The van der Waals surface area contributed by atoms with Crippen LogP contribution in [0.15, 0.2) is 42.5 Å².